The van der Waals surface area contributed by atoms with E-state index in [0.717, 1.165) is 11.9 Å². The van der Waals surface area contributed by atoms with Crippen LogP contribution in [-0.2, 0) is 9.59 Å². The number of hydrogen-bond acceptors (Lipinski definition) is 2. The number of nitrogens with two attached hydrogens (primary N) is 1. The normalized spacial score (nSPS) is 9.17. The van der Waals surface area contributed by atoms with Gasteiger partial charge in [-0.25, -0.2) is 0 Å². The molecule has 1 amide bonds. The maximum absolute atomic E-state index is 10.8. The summed E-state index contributed by atoms with van der Waals surface area (Å²) in [4.78, 5) is 20.8. The molecule has 0 spiro atoms. The molecule has 0 aromatic heterocycles. The molecule has 0 unspecified atom stereocenters. The molecule has 0 saturated heterocycles. The standard InChI is InChI=1S/C9H15NO2/c1-7(2)8(9(10)12)5-3-4-6-11/h6H,3-5H2,1-2H3,(H2,10,12). The van der Waals surface area contributed by atoms with Crippen LogP contribution in [0.3, 0.4) is 0 Å². The number of rotatable bonds is 5. The molecule has 0 saturated carbocycles. The maximum atomic E-state index is 10.8. The summed E-state index contributed by atoms with van der Waals surface area (Å²) in [5, 5.41) is 0. The first-order valence-electron chi connectivity index (χ1n) is 3.99. The number of amides is 1. The summed E-state index contributed by atoms with van der Waals surface area (Å²) in [5.74, 6) is -0.374. The highest BCUT2D eigenvalue weighted by Gasteiger charge is 2.05. The van der Waals surface area contributed by atoms with Gasteiger partial charge in [0.15, 0.2) is 0 Å². The smallest absolute Gasteiger partial charge is 0.244 e. The number of unbranched alkanes of at least 4 members (excludes halogenated alkanes) is 1. The van der Waals surface area contributed by atoms with E-state index in [1.807, 2.05) is 13.8 Å². The first-order chi connectivity index (χ1) is 5.59. The van der Waals surface area contributed by atoms with Crippen molar-refractivity contribution in [3.63, 3.8) is 0 Å². The summed E-state index contributed by atoms with van der Waals surface area (Å²) >= 11 is 0. The molecule has 0 rings (SSSR count). The van der Waals surface area contributed by atoms with Gasteiger partial charge < -0.3 is 10.5 Å². The zero-order valence-corrected chi connectivity index (χ0v) is 7.59. The van der Waals surface area contributed by atoms with Crippen LogP contribution in [0.15, 0.2) is 11.1 Å². The van der Waals surface area contributed by atoms with E-state index in [0.29, 0.717) is 24.8 Å². The van der Waals surface area contributed by atoms with Gasteiger partial charge in [-0.3, -0.25) is 4.79 Å². The lowest BCUT2D eigenvalue weighted by Crippen LogP contribution is -2.15. The number of allylic oxidation sites excluding steroid dienone is 1. The van der Waals surface area contributed by atoms with E-state index >= 15 is 0 Å². The minimum atomic E-state index is -0.374. The molecule has 0 fully saturated rings. The van der Waals surface area contributed by atoms with Gasteiger partial charge in [-0.15, -0.1) is 0 Å². The van der Waals surface area contributed by atoms with Crippen LogP contribution in [0.2, 0.25) is 0 Å². The number of carbonyl (C=O) groups is 2. The van der Waals surface area contributed by atoms with E-state index in [1.165, 1.54) is 0 Å². The first-order valence-corrected chi connectivity index (χ1v) is 3.99. The fourth-order valence-corrected chi connectivity index (χ4v) is 0.982. The quantitative estimate of drug-likeness (QED) is 0.381. The third-order valence-electron chi connectivity index (χ3n) is 1.65. The Bertz CT molecular complexity index is 203. The fourth-order valence-electron chi connectivity index (χ4n) is 0.982. The van der Waals surface area contributed by atoms with Crippen molar-refractivity contribution in [2.75, 3.05) is 0 Å². The number of hydrogen-bond donors (Lipinski definition) is 1. The summed E-state index contributed by atoms with van der Waals surface area (Å²) in [6.07, 6.45) is 2.65. The molecule has 12 heavy (non-hydrogen) atoms. The van der Waals surface area contributed by atoms with Gasteiger partial charge in [-0.1, -0.05) is 5.57 Å². The maximum Gasteiger partial charge on any atom is 0.244 e. The molecule has 0 aromatic carbocycles. The Labute approximate surface area is 72.6 Å². The van der Waals surface area contributed by atoms with Gasteiger partial charge in [0.2, 0.25) is 5.91 Å². The van der Waals surface area contributed by atoms with Gasteiger partial charge in [0.05, 0.1) is 0 Å². The van der Waals surface area contributed by atoms with Gasteiger partial charge in [0.1, 0.15) is 6.29 Å². The summed E-state index contributed by atoms with van der Waals surface area (Å²) in [6, 6.07) is 0. The molecule has 0 aliphatic carbocycles. The van der Waals surface area contributed by atoms with E-state index in [2.05, 4.69) is 0 Å². The molecular weight excluding hydrogens is 154 g/mol. The van der Waals surface area contributed by atoms with Crippen molar-refractivity contribution in [2.45, 2.75) is 33.1 Å². The number of aldehydes is 1. The van der Waals surface area contributed by atoms with Crippen molar-refractivity contribution < 1.29 is 9.59 Å². The van der Waals surface area contributed by atoms with Gasteiger partial charge >= 0.3 is 0 Å². The Balaban J connectivity index is 4.08. The highest BCUT2D eigenvalue weighted by atomic mass is 16.1. The Morgan fingerprint density at radius 1 is 1.42 bits per heavy atom. The lowest BCUT2D eigenvalue weighted by molar-refractivity contribution is -0.115. The summed E-state index contributed by atoms with van der Waals surface area (Å²) in [7, 11) is 0. The van der Waals surface area contributed by atoms with E-state index in [9.17, 15) is 9.59 Å². The van der Waals surface area contributed by atoms with E-state index in [-0.39, 0.29) is 5.91 Å². The van der Waals surface area contributed by atoms with Crippen molar-refractivity contribution in [3.8, 4) is 0 Å². The SMILES string of the molecule is CC(C)=C(CCCC=O)C(N)=O. The van der Waals surface area contributed by atoms with Crippen molar-refractivity contribution in [1.82, 2.24) is 0 Å². The second kappa shape index (κ2) is 5.52. The number of carbonyl (C=O) groups excluding carboxylic acids is 2. The van der Waals surface area contributed by atoms with Crippen molar-refractivity contribution in [1.29, 1.82) is 0 Å². The second-order valence-corrected chi connectivity index (χ2v) is 2.90. The minimum Gasteiger partial charge on any atom is -0.366 e. The van der Waals surface area contributed by atoms with Crippen LogP contribution in [0.25, 0.3) is 0 Å². The third-order valence-corrected chi connectivity index (χ3v) is 1.65. The average molecular weight is 169 g/mol. The average Bonchev–Trinajstić information content (AvgIpc) is 1.96. The summed E-state index contributed by atoms with van der Waals surface area (Å²) in [6.45, 7) is 3.70. The lowest BCUT2D eigenvalue weighted by Gasteiger charge is -2.03. The van der Waals surface area contributed by atoms with Gasteiger partial charge in [-0.2, -0.15) is 0 Å². The molecule has 3 heteroatoms. The molecule has 0 heterocycles. The van der Waals surface area contributed by atoms with Crippen molar-refractivity contribution in [3.05, 3.63) is 11.1 Å². The molecule has 0 aromatic rings. The fraction of sp³-hybridized carbons (Fsp3) is 0.556. The van der Waals surface area contributed by atoms with Gasteiger partial charge in [-0.05, 0) is 26.7 Å². The monoisotopic (exact) mass is 169 g/mol. The molecular formula is C9H15NO2. The molecule has 68 valence electrons. The molecule has 2 N–H and O–H groups in total. The van der Waals surface area contributed by atoms with Crippen molar-refractivity contribution >= 4 is 12.2 Å². The largest absolute Gasteiger partial charge is 0.366 e. The zero-order chi connectivity index (χ0) is 9.56. The van der Waals surface area contributed by atoms with Crippen LogP contribution in [0, 0.1) is 0 Å². The van der Waals surface area contributed by atoms with Crippen LogP contribution in [-0.4, -0.2) is 12.2 Å². The molecule has 0 bridgehead atoms. The Morgan fingerprint density at radius 2 is 2.00 bits per heavy atom. The molecule has 0 aliphatic rings. The predicted octanol–water partition coefficient (Wildman–Crippen LogP) is 1.18. The molecule has 0 aliphatic heterocycles. The van der Waals surface area contributed by atoms with Crippen molar-refractivity contribution in [2.24, 2.45) is 5.73 Å². The van der Waals surface area contributed by atoms with Crippen LogP contribution < -0.4 is 5.73 Å². The summed E-state index contributed by atoms with van der Waals surface area (Å²) in [5.41, 5.74) is 6.72. The first kappa shape index (κ1) is 10.9. The summed E-state index contributed by atoms with van der Waals surface area (Å²) < 4.78 is 0. The minimum absolute atomic E-state index is 0.374. The third kappa shape index (κ3) is 3.91. The number of primary amides is 1. The van der Waals surface area contributed by atoms with Gasteiger partial charge in [0, 0.05) is 12.0 Å². The highest BCUT2D eigenvalue weighted by molar-refractivity contribution is 5.92. The molecule has 3 nitrogen and oxygen atoms in total. The van der Waals surface area contributed by atoms with E-state index < -0.39 is 0 Å². The van der Waals surface area contributed by atoms with Gasteiger partial charge in [0.25, 0.3) is 0 Å². The molecule has 0 atom stereocenters. The van der Waals surface area contributed by atoms with Crippen LogP contribution in [0.5, 0.6) is 0 Å². The topological polar surface area (TPSA) is 60.2 Å². The predicted molar refractivity (Wildman–Crippen MR) is 47.5 cm³/mol. The highest BCUT2D eigenvalue weighted by Crippen LogP contribution is 2.10. The Kier molecular flexibility index (Phi) is 5.00. The van der Waals surface area contributed by atoms with Crippen LogP contribution >= 0.6 is 0 Å². The van der Waals surface area contributed by atoms with E-state index in [1.54, 1.807) is 0 Å². The van der Waals surface area contributed by atoms with Crippen LogP contribution in [0.4, 0.5) is 0 Å². The van der Waals surface area contributed by atoms with E-state index in [4.69, 9.17) is 5.73 Å². The zero-order valence-electron chi connectivity index (χ0n) is 7.59. The lowest BCUT2D eigenvalue weighted by atomic mass is 10.0. The van der Waals surface area contributed by atoms with Crippen LogP contribution in [0.1, 0.15) is 33.1 Å². The second-order valence-electron chi connectivity index (χ2n) is 2.90. The Hall–Kier alpha value is -1.12. The molecule has 0 radical (unpaired) electrons. The Morgan fingerprint density at radius 3 is 2.33 bits per heavy atom.